The van der Waals surface area contributed by atoms with Crippen molar-refractivity contribution in [3.05, 3.63) is 34.4 Å². The summed E-state index contributed by atoms with van der Waals surface area (Å²) in [6.07, 6.45) is 1.72. The average molecular weight is 513 g/mol. The van der Waals surface area contributed by atoms with Crippen LogP contribution in [0.4, 0.5) is 5.82 Å². The number of ether oxygens (including phenoxy) is 2. The minimum atomic E-state index is -0.273. The smallest absolute Gasteiger partial charge is 0.258 e. The standard InChI is InChI=1S/C21H26Cl2N6O3S/c1-13(2)33-21-27-19(25-7-9-31-3)15-11-26-29(20(15)28-21)8-6-24-18(30)12-32-17-5-4-14(22)10-16(17)23/h4-5,10-11,13H,6-9,12H2,1-3H3,(H,24,30)(H,25,27,28). The first-order chi connectivity index (χ1) is 15.9. The number of fused-ring (bicyclic) bond motifs is 1. The van der Waals surface area contributed by atoms with E-state index in [1.165, 1.54) is 0 Å². The second kappa shape index (κ2) is 12.3. The molecular formula is C21H26Cl2N6O3S. The highest BCUT2D eigenvalue weighted by Gasteiger charge is 2.14. The van der Waals surface area contributed by atoms with Gasteiger partial charge in [0, 0.05) is 30.5 Å². The van der Waals surface area contributed by atoms with Crippen molar-refractivity contribution in [2.45, 2.75) is 30.8 Å². The Morgan fingerprint density at radius 2 is 2.06 bits per heavy atom. The minimum Gasteiger partial charge on any atom is -0.482 e. The van der Waals surface area contributed by atoms with Crippen molar-refractivity contribution in [1.29, 1.82) is 0 Å². The first-order valence-corrected chi connectivity index (χ1v) is 12.0. The Hall–Kier alpha value is -2.27. The van der Waals surface area contributed by atoms with Crippen LogP contribution in [0.2, 0.25) is 10.0 Å². The Kier molecular flexibility index (Phi) is 9.42. The van der Waals surface area contributed by atoms with Crippen LogP contribution in [-0.4, -0.2) is 64.3 Å². The van der Waals surface area contributed by atoms with Gasteiger partial charge in [-0.25, -0.2) is 14.6 Å². The predicted molar refractivity (Wildman–Crippen MR) is 132 cm³/mol. The Balaban J connectivity index is 1.62. The van der Waals surface area contributed by atoms with Gasteiger partial charge in [-0.05, 0) is 18.2 Å². The number of nitrogens with zero attached hydrogens (tertiary/aromatic N) is 4. The molecule has 2 N–H and O–H groups in total. The van der Waals surface area contributed by atoms with Crippen molar-refractivity contribution in [2.24, 2.45) is 0 Å². The van der Waals surface area contributed by atoms with Gasteiger partial charge in [-0.2, -0.15) is 5.10 Å². The Morgan fingerprint density at radius 1 is 1.24 bits per heavy atom. The molecule has 1 amide bonds. The van der Waals surface area contributed by atoms with Crippen molar-refractivity contribution >= 4 is 57.7 Å². The summed E-state index contributed by atoms with van der Waals surface area (Å²) < 4.78 is 12.3. The summed E-state index contributed by atoms with van der Waals surface area (Å²) in [5.41, 5.74) is 0.700. The van der Waals surface area contributed by atoms with Crippen LogP contribution in [0.15, 0.2) is 29.6 Å². The number of hydrogen-bond acceptors (Lipinski definition) is 8. The molecule has 3 aromatic rings. The normalized spacial score (nSPS) is 11.2. The molecule has 0 saturated heterocycles. The van der Waals surface area contributed by atoms with Gasteiger partial charge < -0.3 is 20.1 Å². The molecule has 0 radical (unpaired) electrons. The van der Waals surface area contributed by atoms with Gasteiger partial charge in [0.15, 0.2) is 17.4 Å². The lowest BCUT2D eigenvalue weighted by Gasteiger charge is -2.11. The van der Waals surface area contributed by atoms with Crippen molar-refractivity contribution < 1.29 is 14.3 Å². The lowest BCUT2D eigenvalue weighted by atomic mass is 10.3. The van der Waals surface area contributed by atoms with E-state index in [0.29, 0.717) is 63.9 Å². The Bertz CT molecular complexity index is 1100. The van der Waals surface area contributed by atoms with Crippen LogP contribution in [0.1, 0.15) is 13.8 Å². The van der Waals surface area contributed by atoms with Crippen LogP contribution in [0.25, 0.3) is 11.0 Å². The van der Waals surface area contributed by atoms with Gasteiger partial charge in [0.05, 0.1) is 29.8 Å². The molecule has 0 aliphatic rings. The monoisotopic (exact) mass is 512 g/mol. The molecule has 33 heavy (non-hydrogen) atoms. The number of nitrogens with one attached hydrogen (secondary N) is 2. The summed E-state index contributed by atoms with van der Waals surface area (Å²) in [6, 6.07) is 4.83. The third kappa shape index (κ3) is 7.36. The topological polar surface area (TPSA) is 103 Å². The number of amides is 1. The molecule has 0 aliphatic carbocycles. The number of aromatic nitrogens is 4. The van der Waals surface area contributed by atoms with E-state index in [1.807, 2.05) is 0 Å². The van der Waals surface area contributed by atoms with Crippen molar-refractivity contribution in [2.75, 3.05) is 38.7 Å². The van der Waals surface area contributed by atoms with Gasteiger partial charge in [-0.15, -0.1) is 0 Å². The van der Waals surface area contributed by atoms with E-state index in [2.05, 4.69) is 39.5 Å². The largest absolute Gasteiger partial charge is 0.482 e. The molecule has 1 aromatic carbocycles. The number of rotatable bonds is 12. The summed E-state index contributed by atoms with van der Waals surface area (Å²) in [4.78, 5) is 21.5. The molecule has 0 saturated carbocycles. The highest BCUT2D eigenvalue weighted by Crippen LogP contribution is 2.28. The van der Waals surface area contributed by atoms with Crippen molar-refractivity contribution in [1.82, 2.24) is 25.1 Å². The zero-order chi connectivity index (χ0) is 23.8. The molecule has 2 aromatic heterocycles. The summed E-state index contributed by atoms with van der Waals surface area (Å²) in [7, 11) is 1.65. The SMILES string of the molecule is COCCNc1nc(SC(C)C)nc2c1cnn2CCNC(=O)COc1ccc(Cl)cc1Cl. The Morgan fingerprint density at radius 3 is 2.79 bits per heavy atom. The number of benzene rings is 1. The van der Waals surface area contributed by atoms with Gasteiger partial charge >= 0.3 is 0 Å². The van der Waals surface area contributed by atoms with Crippen LogP contribution in [0.5, 0.6) is 5.75 Å². The first-order valence-electron chi connectivity index (χ1n) is 10.3. The van der Waals surface area contributed by atoms with E-state index in [-0.39, 0.29) is 12.5 Å². The number of methoxy groups -OCH3 is 1. The molecule has 0 aliphatic heterocycles. The maximum absolute atomic E-state index is 12.2. The summed E-state index contributed by atoms with van der Waals surface area (Å²) >= 11 is 13.5. The number of halogens is 2. The highest BCUT2D eigenvalue weighted by molar-refractivity contribution is 7.99. The summed E-state index contributed by atoms with van der Waals surface area (Å²) in [5, 5.41) is 13.2. The fourth-order valence-corrected chi connectivity index (χ4v) is 4.02. The molecule has 2 heterocycles. The molecule has 0 atom stereocenters. The lowest BCUT2D eigenvalue weighted by Crippen LogP contribution is -2.31. The fourth-order valence-electron chi connectivity index (χ4n) is 2.86. The predicted octanol–water partition coefficient (Wildman–Crippen LogP) is 3.89. The van der Waals surface area contributed by atoms with Crippen LogP contribution in [0, 0.1) is 0 Å². The quantitative estimate of drug-likeness (QED) is 0.214. The minimum absolute atomic E-state index is 0.161. The van der Waals surface area contributed by atoms with Crippen molar-refractivity contribution in [3.63, 3.8) is 0 Å². The number of thioether (sulfide) groups is 1. The zero-order valence-corrected chi connectivity index (χ0v) is 20.9. The van der Waals surface area contributed by atoms with E-state index >= 15 is 0 Å². The second-order valence-electron chi connectivity index (χ2n) is 7.26. The van der Waals surface area contributed by atoms with Crippen molar-refractivity contribution in [3.8, 4) is 5.75 Å². The summed E-state index contributed by atoms with van der Waals surface area (Å²) in [6.45, 7) is 5.99. The molecule has 3 rings (SSSR count). The van der Waals surface area contributed by atoms with Crippen LogP contribution >= 0.6 is 35.0 Å². The first kappa shape index (κ1) is 25.4. The average Bonchev–Trinajstić information content (AvgIpc) is 3.16. The highest BCUT2D eigenvalue weighted by atomic mass is 35.5. The number of carbonyl (C=O) groups excluding carboxylic acids is 1. The number of carbonyl (C=O) groups is 1. The van der Waals surface area contributed by atoms with E-state index in [1.54, 1.807) is 47.9 Å². The zero-order valence-electron chi connectivity index (χ0n) is 18.6. The molecule has 9 nitrogen and oxygen atoms in total. The Labute approximate surface area is 206 Å². The van der Waals surface area contributed by atoms with Gasteiger partial charge in [0.25, 0.3) is 5.91 Å². The number of hydrogen-bond donors (Lipinski definition) is 2. The van der Waals surface area contributed by atoms with E-state index in [9.17, 15) is 4.79 Å². The van der Waals surface area contributed by atoms with Gasteiger partial charge in [0.2, 0.25) is 0 Å². The van der Waals surface area contributed by atoms with Gasteiger partial charge in [-0.1, -0.05) is 48.8 Å². The molecular weight excluding hydrogens is 487 g/mol. The van der Waals surface area contributed by atoms with E-state index < -0.39 is 0 Å². The third-order valence-corrected chi connectivity index (χ3v) is 5.71. The lowest BCUT2D eigenvalue weighted by molar-refractivity contribution is -0.123. The molecule has 0 spiro atoms. The van der Waals surface area contributed by atoms with Crippen LogP contribution in [0.3, 0.4) is 0 Å². The van der Waals surface area contributed by atoms with E-state index in [0.717, 1.165) is 5.39 Å². The maximum atomic E-state index is 12.2. The third-order valence-electron chi connectivity index (χ3n) is 4.31. The molecule has 12 heteroatoms. The molecule has 0 unspecified atom stereocenters. The fraction of sp³-hybridized carbons (Fsp3) is 0.429. The molecule has 0 fully saturated rings. The number of anilines is 1. The van der Waals surface area contributed by atoms with Gasteiger partial charge in [-0.3, -0.25) is 4.79 Å². The maximum Gasteiger partial charge on any atom is 0.258 e. The molecule has 0 bridgehead atoms. The van der Waals surface area contributed by atoms with Crippen LogP contribution in [-0.2, 0) is 16.1 Å². The van der Waals surface area contributed by atoms with Crippen LogP contribution < -0.4 is 15.4 Å². The summed E-state index contributed by atoms with van der Waals surface area (Å²) in [5.74, 6) is 0.837. The van der Waals surface area contributed by atoms with E-state index in [4.69, 9.17) is 32.7 Å². The molecule has 178 valence electrons. The second-order valence-corrected chi connectivity index (χ2v) is 9.65. The van der Waals surface area contributed by atoms with Gasteiger partial charge in [0.1, 0.15) is 11.6 Å².